The summed E-state index contributed by atoms with van der Waals surface area (Å²) in [4.78, 5) is 14.2. The van der Waals surface area contributed by atoms with E-state index >= 15 is 0 Å². The van der Waals surface area contributed by atoms with Crippen LogP contribution in [0.3, 0.4) is 0 Å². The van der Waals surface area contributed by atoms with Crippen LogP contribution < -0.4 is 5.32 Å². The Bertz CT molecular complexity index is 377. The van der Waals surface area contributed by atoms with E-state index in [2.05, 4.69) is 5.32 Å². The van der Waals surface area contributed by atoms with Gasteiger partial charge in [-0.25, -0.2) is 4.79 Å². The number of nitrogens with one attached hydrogen (secondary N) is 1. The molecule has 0 spiro atoms. The van der Waals surface area contributed by atoms with Crippen molar-refractivity contribution in [2.45, 2.75) is 89.5 Å². The molecule has 0 aromatic rings. The first kappa shape index (κ1) is 18.5. The summed E-state index contributed by atoms with van der Waals surface area (Å²) in [5.41, 5.74) is -0.420. The van der Waals surface area contributed by atoms with E-state index < -0.39 is 5.60 Å². The van der Waals surface area contributed by atoms with Gasteiger partial charge in [-0.2, -0.15) is 0 Å². The number of amides is 1. The maximum atomic E-state index is 12.3. The Labute approximate surface area is 141 Å². The standard InChI is InChI=1S/C18H34N2O3/c1-18(2,3)23-17(21)20(14-10-11-14)13-7-12-19-15-8-5-6-9-16(15)22-4/h14-16,19H,5-13H2,1-4H3. The van der Waals surface area contributed by atoms with E-state index in [1.807, 2.05) is 32.8 Å². The van der Waals surface area contributed by atoms with Crippen molar-refractivity contribution >= 4 is 6.09 Å². The Morgan fingerprint density at radius 3 is 2.48 bits per heavy atom. The number of hydrogen-bond acceptors (Lipinski definition) is 4. The van der Waals surface area contributed by atoms with Gasteiger partial charge in [0.2, 0.25) is 0 Å². The molecule has 1 N–H and O–H groups in total. The van der Waals surface area contributed by atoms with Crippen LogP contribution in [-0.4, -0.2) is 55.0 Å². The number of carbonyl (C=O) groups is 1. The van der Waals surface area contributed by atoms with Gasteiger partial charge < -0.3 is 19.7 Å². The Morgan fingerprint density at radius 1 is 1.17 bits per heavy atom. The van der Waals surface area contributed by atoms with Crippen LogP contribution in [0.4, 0.5) is 4.79 Å². The molecule has 0 bridgehead atoms. The molecule has 5 heteroatoms. The minimum Gasteiger partial charge on any atom is -0.444 e. The summed E-state index contributed by atoms with van der Waals surface area (Å²) >= 11 is 0. The summed E-state index contributed by atoms with van der Waals surface area (Å²) in [6, 6.07) is 0.857. The second kappa shape index (κ2) is 8.34. The van der Waals surface area contributed by atoms with Crippen LogP contribution in [0.1, 0.15) is 65.7 Å². The van der Waals surface area contributed by atoms with Crippen LogP contribution in [-0.2, 0) is 9.47 Å². The van der Waals surface area contributed by atoms with Crippen molar-refractivity contribution in [3.63, 3.8) is 0 Å². The van der Waals surface area contributed by atoms with Crippen LogP contribution in [0.25, 0.3) is 0 Å². The average molecular weight is 326 g/mol. The highest BCUT2D eigenvalue weighted by molar-refractivity contribution is 5.69. The van der Waals surface area contributed by atoms with Gasteiger partial charge in [-0.1, -0.05) is 12.8 Å². The van der Waals surface area contributed by atoms with Gasteiger partial charge in [0.05, 0.1) is 6.10 Å². The third kappa shape index (κ3) is 6.30. The van der Waals surface area contributed by atoms with Crippen LogP contribution in [0.5, 0.6) is 0 Å². The van der Waals surface area contributed by atoms with Gasteiger partial charge in [-0.05, 0) is 59.4 Å². The normalized spacial score (nSPS) is 25.2. The van der Waals surface area contributed by atoms with Crippen LogP contribution >= 0.6 is 0 Å². The Balaban J connectivity index is 1.71. The molecule has 2 atom stereocenters. The number of hydrogen-bond donors (Lipinski definition) is 1. The molecule has 5 nitrogen and oxygen atoms in total. The quantitative estimate of drug-likeness (QED) is 0.729. The van der Waals surface area contributed by atoms with Gasteiger partial charge >= 0.3 is 6.09 Å². The van der Waals surface area contributed by atoms with E-state index in [-0.39, 0.29) is 6.09 Å². The molecular weight excluding hydrogens is 292 g/mol. The maximum absolute atomic E-state index is 12.3. The van der Waals surface area contributed by atoms with Crippen molar-refractivity contribution in [3.05, 3.63) is 0 Å². The fourth-order valence-corrected chi connectivity index (χ4v) is 3.28. The van der Waals surface area contributed by atoms with E-state index in [0.29, 0.717) is 18.2 Å². The predicted octanol–water partition coefficient (Wildman–Crippen LogP) is 3.32. The minimum absolute atomic E-state index is 0.160. The smallest absolute Gasteiger partial charge is 0.410 e. The predicted molar refractivity (Wildman–Crippen MR) is 91.6 cm³/mol. The molecule has 2 unspecified atom stereocenters. The number of methoxy groups -OCH3 is 1. The molecular formula is C18H34N2O3. The van der Waals surface area contributed by atoms with Gasteiger partial charge in [0, 0.05) is 25.7 Å². The molecule has 2 aliphatic carbocycles. The second-order valence-corrected chi connectivity index (χ2v) is 7.88. The number of nitrogens with zero attached hydrogens (tertiary/aromatic N) is 1. The number of rotatable bonds is 7. The van der Waals surface area contributed by atoms with Gasteiger partial charge in [-0.3, -0.25) is 0 Å². The van der Waals surface area contributed by atoms with Crippen molar-refractivity contribution in [2.24, 2.45) is 0 Å². The van der Waals surface area contributed by atoms with Gasteiger partial charge in [0.25, 0.3) is 0 Å². The lowest BCUT2D eigenvalue weighted by Crippen LogP contribution is -2.44. The molecule has 0 aliphatic heterocycles. The third-order valence-electron chi connectivity index (χ3n) is 4.60. The summed E-state index contributed by atoms with van der Waals surface area (Å²) in [6.45, 7) is 7.47. The monoisotopic (exact) mass is 326 g/mol. The molecule has 0 saturated heterocycles. The summed E-state index contributed by atoms with van der Waals surface area (Å²) in [5.74, 6) is 0. The fraction of sp³-hybridized carbons (Fsp3) is 0.944. The zero-order valence-corrected chi connectivity index (χ0v) is 15.3. The molecule has 0 aromatic heterocycles. The van der Waals surface area contributed by atoms with Crippen LogP contribution in [0.2, 0.25) is 0 Å². The van der Waals surface area contributed by atoms with Crippen molar-refractivity contribution < 1.29 is 14.3 Å². The molecule has 2 saturated carbocycles. The first-order chi connectivity index (χ1) is 10.9. The van der Waals surface area contributed by atoms with E-state index in [1.165, 1.54) is 19.3 Å². The zero-order valence-electron chi connectivity index (χ0n) is 15.3. The lowest BCUT2D eigenvalue weighted by Gasteiger charge is -2.31. The minimum atomic E-state index is -0.420. The van der Waals surface area contributed by atoms with Crippen molar-refractivity contribution in [3.8, 4) is 0 Å². The number of carbonyl (C=O) groups excluding carboxylic acids is 1. The van der Waals surface area contributed by atoms with Gasteiger partial charge in [0.1, 0.15) is 5.60 Å². The third-order valence-corrected chi connectivity index (χ3v) is 4.60. The molecule has 23 heavy (non-hydrogen) atoms. The van der Waals surface area contributed by atoms with Crippen molar-refractivity contribution in [2.75, 3.05) is 20.2 Å². The summed E-state index contributed by atoms with van der Waals surface area (Å²) in [7, 11) is 1.81. The van der Waals surface area contributed by atoms with E-state index in [0.717, 1.165) is 38.8 Å². The first-order valence-corrected chi connectivity index (χ1v) is 9.16. The molecule has 2 aliphatic rings. The summed E-state index contributed by atoms with van der Waals surface area (Å²) in [6.07, 6.45) is 8.26. The first-order valence-electron chi connectivity index (χ1n) is 9.16. The SMILES string of the molecule is COC1CCCCC1NCCCN(C(=O)OC(C)(C)C)C1CC1. The molecule has 0 aromatic carbocycles. The zero-order chi connectivity index (χ0) is 16.9. The van der Waals surface area contributed by atoms with Crippen molar-refractivity contribution in [1.82, 2.24) is 10.2 Å². The molecule has 134 valence electrons. The van der Waals surface area contributed by atoms with E-state index in [4.69, 9.17) is 9.47 Å². The van der Waals surface area contributed by atoms with E-state index in [1.54, 1.807) is 0 Å². The Morgan fingerprint density at radius 2 is 1.87 bits per heavy atom. The molecule has 2 rings (SSSR count). The lowest BCUT2D eigenvalue weighted by molar-refractivity contribution is 0.0224. The average Bonchev–Trinajstić information content (AvgIpc) is 3.30. The molecule has 2 fully saturated rings. The highest BCUT2D eigenvalue weighted by Crippen LogP contribution is 2.28. The summed E-state index contributed by atoms with van der Waals surface area (Å²) in [5, 5.41) is 3.62. The van der Waals surface area contributed by atoms with Crippen LogP contribution in [0, 0.1) is 0 Å². The van der Waals surface area contributed by atoms with Crippen LogP contribution in [0.15, 0.2) is 0 Å². The molecule has 0 heterocycles. The largest absolute Gasteiger partial charge is 0.444 e. The lowest BCUT2D eigenvalue weighted by atomic mass is 9.92. The van der Waals surface area contributed by atoms with Crippen molar-refractivity contribution in [1.29, 1.82) is 0 Å². The second-order valence-electron chi connectivity index (χ2n) is 7.88. The fourth-order valence-electron chi connectivity index (χ4n) is 3.28. The number of ether oxygens (including phenoxy) is 2. The highest BCUT2D eigenvalue weighted by atomic mass is 16.6. The molecule has 0 radical (unpaired) electrons. The van der Waals surface area contributed by atoms with Gasteiger partial charge in [-0.15, -0.1) is 0 Å². The maximum Gasteiger partial charge on any atom is 0.410 e. The molecule has 1 amide bonds. The highest BCUT2D eigenvalue weighted by Gasteiger charge is 2.34. The van der Waals surface area contributed by atoms with E-state index in [9.17, 15) is 4.79 Å². The summed E-state index contributed by atoms with van der Waals surface area (Å²) < 4.78 is 11.1. The van der Waals surface area contributed by atoms with Gasteiger partial charge in [0.15, 0.2) is 0 Å². The Kier molecular flexibility index (Phi) is 6.72. The Hall–Kier alpha value is -0.810. The topological polar surface area (TPSA) is 50.8 Å².